The second-order valence-electron chi connectivity index (χ2n) is 8.35. The van der Waals surface area contributed by atoms with Crippen LogP contribution >= 0.6 is 24.0 Å². The summed E-state index contributed by atoms with van der Waals surface area (Å²) in [5.74, 6) is 3.12. The van der Waals surface area contributed by atoms with E-state index in [2.05, 4.69) is 22.5 Å². The number of halogens is 1. The maximum absolute atomic E-state index is 6.11. The van der Waals surface area contributed by atoms with Crippen LogP contribution in [0.2, 0.25) is 0 Å². The molecule has 2 aliphatic carbocycles. The van der Waals surface area contributed by atoms with Crippen molar-refractivity contribution < 1.29 is 14.2 Å². The number of methoxy groups -OCH3 is 2. The van der Waals surface area contributed by atoms with Crippen molar-refractivity contribution in [2.24, 2.45) is 16.3 Å². The highest BCUT2D eigenvalue weighted by Gasteiger charge is 2.65. The van der Waals surface area contributed by atoms with Gasteiger partial charge in [-0.1, -0.05) is 12.8 Å². The minimum absolute atomic E-state index is 0. The second-order valence-corrected chi connectivity index (χ2v) is 8.35. The van der Waals surface area contributed by atoms with Crippen molar-refractivity contribution in [1.82, 2.24) is 10.6 Å². The summed E-state index contributed by atoms with van der Waals surface area (Å²) in [4.78, 5) is 4.52. The smallest absolute Gasteiger partial charge is 0.191 e. The van der Waals surface area contributed by atoms with Gasteiger partial charge in [-0.05, 0) is 44.4 Å². The first-order valence-electron chi connectivity index (χ1n) is 10.5. The zero-order valence-corrected chi connectivity index (χ0v) is 20.2. The SMILES string of the molecule is CN=C(NC(C)c1cc(OC)ccc1OC)NC1C2CCOC2C12CCCC2.I. The van der Waals surface area contributed by atoms with Gasteiger partial charge in [-0.3, -0.25) is 4.99 Å². The molecule has 3 fully saturated rings. The van der Waals surface area contributed by atoms with Crippen molar-refractivity contribution in [2.45, 2.75) is 57.2 Å². The molecule has 4 atom stereocenters. The molecule has 0 amide bonds. The van der Waals surface area contributed by atoms with Gasteiger partial charge in [0.25, 0.3) is 0 Å². The molecule has 7 heteroatoms. The number of nitrogens with zero attached hydrogens (tertiary/aromatic N) is 1. The van der Waals surface area contributed by atoms with E-state index in [0.717, 1.165) is 36.0 Å². The topological polar surface area (TPSA) is 64.1 Å². The summed E-state index contributed by atoms with van der Waals surface area (Å²) in [6.07, 6.45) is 6.76. The van der Waals surface area contributed by atoms with Crippen LogP contribution in [0.25, 0.3) is 0 Å². The van der Waals surface area contributed by atoms with Gasteiger partial charge in [0.1, 0.15) is 11.5 Å². The van der Waals surface area contributed by atoms with Crippen LogP contribution in [0.1, 0.15) is 50.6 Å². The molecular formula is C22H34IN3O3. The zero-order valence-electron chi connectivity index (χ0n) is 17.9. The molecular weight excluding hydrogens is 481 g/mol. The molecule has 1 aromatic rings. The number of ether oxygens (including phenoxy) is 3. The Morgan fingerprint density at radius 2 is 2.00 bits per heavy atom. The number of guanidine groups is 1. The number of rotatable bonds is 5. The van der Waals surface area contributed by atoms with Crippen LogP contribution in [0.3, 0.4) is 0 Å². The molecule has 0 radical (unpaired) electrons. The van der Waals surface area contributed by atoms with Crippen LogP contribution < -0.4 is 20.1 Å². The van der Waals surface area contributed by atoms with Crippen molar-refractivity contribution in [2.75, 3.05) is 27.9 Å². The Morgan fingerprint density at radius 1 is 1.24 bits per heavy atom. The number of hydrogen-bond donors (Lipinski definition) is 2. The molecule has 4 unspecified atom stereocenters. The fourth-order valence-electron chi connectivity index (χ4n) is 5.68. The Hall–Kier alpha value is -1.22. The highest BCUT2D eigenvalue weighted by molar-refractivity contribution is 14.0. The summed E-state index contributed by atoms with van der Waals surface area (Å²) in [7, 11) is 5.22. The van der Waals surface area contributed by atoms with Gasteiger partial charge in [0.2, 0.25) is 0 Å². The average molecular weight is 515 g/mol. The van der Waals surface area contributed by atoms with E-state index in [1.807, 2.05) is 25.2 Å². The van der Waals surface area contributed by atoms with E-state index in [-0.39, 0.29) is 30.0 Å². The van der Waals surface area contributed by atoms with Crippen molar-refractivity contribution in [3.05, 3.63) is 23.8 Å². The minimum Gasteiger partial charge on any atom is -0.497 e. The second kappa shape index (κ2) is 9.29. The van der Waals surface area contributed by atoms with Crippen LogP contribution in [0.15, 0.2) is 23.2 Å². The van der Waals surface area contributed by atoms with Crippen molar-refractivity contribution in [3.63, 3.8) is 0 Å². The minimum atomic E-state index is 0. The molecule has 1 aromatic carbocycles. The predicted molar refractivity (Wildman–Crippen MR) is 126 cm³/mol. The maximum atomic E-state index is 6.11. The lowest BCUT2D eigenvalue weighted by atomic mass is 9.54. The quantitative estimate of drug-likeness (QED) is 0.354. The van der Waals surface area contributed by atoms with Gasteiger partial charge >= 0.3 is 0 Å². The first kappa shape index (κ1) is 22.5. The molecule has 0 aromatic heterocycles. The Labute approximate surface area is 191 Å². The van der Waals surface area contributed by atoms with Crippen molar-refractivity contribution in [3.8, 4) is 11.5 Å². The summed E-state index contributed by atoms with van der Waals surface area (Å²) >= 11 is 0. The number of hydrogen-bond acceptors (Lipinski definition) is 4. The first-order chi connectivity index (χ1) is 13.6. The van der Waals surface area contributed by atoms with Gasteiger partial charge in [0.15, 0.2) is 5.96 Å². The first-order valence-corrected chi connectivity index (χ1v) is 10.5. The normalized spacial score (nSPS) is 28.1. The molecule has 162 valence electrons. The van der Waals surface area contributed by atoms with Gasteiger partial charge in [0.05, 0.1) is 26.4 Å². The molecule has 3 aliphatic rings. The largest absolute Gasteiger partial charge is 0.497 e. The highest BCUT2D eigenvalue weighted by Crippen LogP contribution is 2.60. The summed E-state index contributed by atoms with van der Waals surface area (Å²) in [6, 6.07) is 6.37. The van der Waals surface area contributed by atoms with Crippen molar-refractivity contribution >= 4 is 29.9 Å². The Morgan fingerprint density at radius 3 is 2.66 bits per heavy atom. The van der Waals surface area contributed by atoms with E-state index < -0.39 is 0 Å². The summed E-state index contributed by atoms with van der Waals surface area (Å²) in [5, 5.41) is 7.32. The summed E-state index contributed by atoms with van der Waals surface area (Å²) in [5.41, 5.74) is 1.35. The molecule has 1 aliphatic heterocycles. The molecule has 1 saturated heterocycles. The zero-order chi connectivity index (χ0) is 19.7. The lowest BCUT2D eigenvalue weighted by molar-refractivity contribution is -0.125. The number of aliphatic imine (C=N–C) groups is 1. The van der Waals surface area contributed by atoms with Crippen LogP contribution in [-0.4, -0.2) is 46.0 Å². The molecule has 2 N–H and O–H groups in total. The Bertz CT molecular complexity index is 736. The van der Waals surface area contributed by atoms with Crippen molar-refractivity contribution in [1.29, 1.82) is 0 Å². The monoisotopic (exact) mass is 515 g/mol. The van der Waals surface area contributed by atoms with Gasteiger partial charge in [-0.15, -0.1) is 24.0 Å². The third kappa shape index (κ3) is 3.92. The van der Waals surface area contributed by atoms with E-state index in [0.29, 0.717) is 23.5 Å². The van der Waals surface area contributed by atoms with Gasteiger partial charge in [0, 0.05) is 36.6 Å². The Kier molecular flexibility index (Phi) is 7.19. The Balaban J connectivity index is 0.00000240. The van der Waals surface area contributed by atoms with Gasteiger partial charge in [-0.25, -0.2) is 0 Å². The lowest BCUT2D eigenvalue weighted by Gasteiger charge is -2.57. The molecule has 4 rings (SSSR count). The van der Waals surface area contributed by atoms with Crippen LogP contribution in [-0.2, 0) is 4.74 Å². The van der Waals surface area contributed by atoms with Gasteiger partial charge < -0.3 is 24.8 Å². The number of benzene rings is 1. The molecule has 2 saturated carbocycles. The fourth-order valence-corrected chi connectivity index (χ4v) is 5.68. The van der Waals surface area contributed by atoms with E-state index in [1.54, 1.807) is 14.2 Å². The molecule has 0 bridgehead atoms. The average Bonchev–Trinajstić information content (AvgIpc) is 3.39. The van der Waals surface area contributed by atoms with E-state index in [4.69, 9.17) is 14.2 Å². The predicted octanol–water partition coefficient (Wildman–Crippen LogP) is 3.90. The standard InChI is InChI=1S/C22H33N3O3.HI/c1-14(17-13-15(26-3)7-8-18(17)27-4)24-21(23-2)25-19-16-9-12-28-20(16)22(19)10-5-6-11-22;/h7-8,13-14,16,19-20H,5-6,9-12H2,1-4H3,(H2,23,24,25);1H. The van der Waals surface area contributed by atoms with E-state index >= 15 is 0 Å². The van der Waals surface area contributed by atoms with E-state index in [1.165, 1.54) is 25.7 Å². The third-order valence-electron chi connectivity index (χ3n) is 7.06. The van der Waals surface area contributed by atoms with Crippen LogP contribution in [0.5, 0.6) is 11.5 Å². The highest BCUT2D eigenvalue weighted by atomic mass is 127. The number of nitrogens with one attached hydrogen (secondary N) is 2. The molecule has 1 spiro atoms. The molecule has 6 nitrogen and oxygen atoms in total. The third-order valence-corrected chi connectivity index (χ3v) is 7.06. The van der Waals surface area contributed by atoms with Crippen LogP contribution in [0, 0.1) is 11.3 Å². The lowest BCUT2D eigenvalue weighted by Crippen LogP contribution is -2.69. The van der Waals surface area contributed by atoms with Gasteiger partial charge in [-0.2, -0.15) is 0 Å². The van der Waals surface area contributed by atoms with E-state index in [9.17, 15) is 0 Å². The number of fused-ring (bicyclic) bond motifs is 2. The summed E-state index contributed by atoms with van der Waals surface area (Å²) in [6.45, 7) is 3.02. The fraction of sp³-hybridized carbons (Fsp3) is 0.682. The maximum Gasteiger partial charge on any atom is 0.191 e. The molecule has 1 heterocycles. The summed E-state index contributed by atoms with van der Waals surface area (Å²) < 4.78 is 17.1. The van der Waals surface area contributed by atoms with Crippen LogP contribution in [0.4, 0.5) is 0 Å². The molecule has 29 heavy (non-hydrogen) atoms.